The standard InChI is InChI=1S/C6H7F3O2.C5H8O2.3C4H8O2/c1-2-4(5(10)11)3-6(7,8)9;1-3-4(2)5(6)7;3*1-3(2)4(5)6/h2,4H,1,3H2,(H,10,11);3-4H,1H2,2H3,(H,6,7);3*3H,1-2H3,(H,5,6). The molecule has 0 amide bonds. The molecule has 0 aromatic heterocycles. The van der Waals surface area contributed by atoms with Gasteiger partial charge in [-0.3, -0.25) is 24.0 Å². The van der Waals surface area contributed by atoms with E-state index in [4.69, 9.17) is 25.5 Å². The minimum atomic E-state index is -4.45. The Kier molecular flexibility index (Phi) is 27.7. The van der Waals surface area contributed by atoms with Crippen LogP contribution in [-0.2, 0) is 24.0 Å². The summed E-state index contributed by atoms with van der Waals surface area (Å²) < 4.78 is 34.6. The highest BCUT2D eigenvalue weighted by atomic mass is 19.4. The molecule has 0 saturated carbocycles. The number of alkyl halides is 3. The maximum absolute atomic E-state index is 11.5. The van der Waals surface area contributed by atoms with E-state index in [1.165, 1.54) is 6.08 Å². The van der Waals surface area contributed by atoms with Gasteiger partial charge in [0, 0.05) is 0 Å². The van der Waals surface area contributed by atoms with Gasteiger partial charge in [-0.2, -0.15) is 13.2 Å². The smallest absolute Gasteiger partial charge is 0.390 e. The van der Waals surface area contributed by atoms with Gasteiger partial charge in [0.25, 0.3) is 0 Å². The lowest BCUT2D eigenvalue weighted by Gasteiger charge is -2.09. The molecular formula is C23H39F3O10. The van der Waals surface area contributed by atoms with Gasteiger partial charge >= 0.3 is 36.0 Å². The molecule has 5 N–H and O–H groups in total. The third-order valence-electron chi connectivity index (χ3n) is 3.28. The van der Waals surface area contributed by atoms with Crippen LogP contribution >= 0.6 is 0 Å². The summed E-state index contributed by atoms with van der Waals surface area (Å²) in [6, 6.07) is 0. The minimum Gasteiger partial charge on any atom is -0.481 e. The predicted molar refractivity (Wildman–Crippen MR) is 126 cm³/mol. The van der Waals surface area contributed by atoms with E-state index >= 15 is 0 Å². The lowest BCUT2D eigenvalue weighted by atomic mass is 10.1. The van der Waals surface area contributed by atoms with E-state index in [0.717, 1.165) is 6.08 Å². The number of aliphatic carboxylic acids is 5. The molecule has 0 radical (unpaired) electrons. The Hall–Kier alpha value is -3.38. The van der Waals surface area contributed by atoms with Crippen LogP contribution in [0, 0.1) is 29.6 Å². The average molecular weight is 533 g/mol. The Morgan fingerprint density at radius 2 is 0.861 bits per heavy atom. The second-order valence-electron chi connectivity index (χ2n) is 7.84. The zero-order valence-electron chi connectivity index (χ0n) is 21.6. The summed E-state index contributed by atoms with van der Waals surface area (Å²) in [7, 11) is 0. The van der Waals surface area contributed by atoms with Crippen molar-refractivity contribution in [3.8, 4) is 0 Å². The molecule has 0 aromatic rings. The molecule has 212 valence electrons. The van der Waals surface area contributed by atoms with Crippen LogP contribution in [0.5, 0.6) is 0 Å². The first-order valence-corrected chi connectivity index (χ1v) is 10.4. The van der Waals surface area contributed by atoms with E-state index < -0.39 is 54.3 Å². The maximum Gasteiger partial charge on any atom is 0.390 e. The van der Waals surface area contributed by atoms with Gasteiger partial charge in [0.2, 0.25) is 0 Å². The highest BCUT2D eigenvalue weighted by molar-refractivity contribution is 5.72. The SMILES string of the molecule is C=CC(C)C(=O)O.C=CC(CC(F)(F)F)C(=O)O.CC(C)C(=O)O.CC(C)C(=O)O.CC(C)C(=O)O. The van der Waals surface area contributed by atoms with Crippen molar-refractivity contribution >= 4 is 29.8 Å². The van der Waals surface area contributed by atoms with Gasteiger partial charge in [0.05, 0.1) is 36.0 Å². The van der Waals surface area contributed by atoms with E-state index in [1.54, 1.807) is 48.5 Å². The molecular weight excluding hydrogens is 493 g/mol. The van der Waals surface area contributed by atoms with E-state index in [2.05, 4.69) is 13.2 Å². The molecule has 36 heavy (non-hydrogen) atoms. The highest BCUT2D eigenvalue weighted by Gasteiger charge is 2.33. The first kappa shape index (κ1) is 42.8. The van der Waals surface area contributed by atoms with Gasteiger partial charge in [-0.15, -0.1) is 13.2 Å². The van der Waals surface area contributed by atoms with Crippen LogP contribution in [0.4, 0.5) is 13.2 Å². The Morgan fingerprint density at radius 1 is 0.611 bits per heavy atom. The van der Waals surface area contributed by atoms with E-state index in [-0.39, 0.29) is 17.8 Å². The third kappa shape index (κ3) is 40.9. The lowest BCUT2D eigenvalue weighted by molar-refractivity contribution is -0.159. The van der Waals surface area contributed by atoms with E-state index in [1.807, 2.05) is 0 Å². The van der Waals surface area contributed by atoms with Gasteiger partial charge < -0.3 is 25.5 Å². The molecule has 0 heterocycles. The zero-order valence-corrected chi connectivity index (χ0v) is 21.6. The number of carboxylic acids is 5. The monoisotopic (exact) mass is 532 g/mol. The molecule has 0 saturated heterocycles. The van der Waals surface area contributed by atoms with Crippen LogP contribution in [0.3, 0.4) is 0 Å². The Balaban J connectivity index is -0.000000114. The van der Waals surface area contributed by atoms with Crippen LogP contribution < -0.4 is 0 Å². The van der Waals surface area contributed by atoms with Gasteiger partial charge in [-0.1, -0.05) is 53.7 Å². The Morgan fingerprint density at radius 3 is 0.889 bits per heavy atom. The molecule has 0 spiro atoms. The first-order chi connectivity index (χ1) is 16.0. The summed E-state index contributed by atoms with van der Waals surface area (Å²) in [5.74, 6) is -7.19. The van der Waals surface area contributed by atoms with Crippen molar-refractivity contribution in [3.05, 3.63) is 25.3 Å². The largest absolute Gasteiger partial charge is 0.481 e. The molecule has 2 atom stereocenters. The fourth-order valence-corrected chi connectivity index (χ4v) is 0.622. The first-order valence-electron chi connectivity index (χ1n) is 10.4. The van der Waals surface area contributed by atoms with Crippen LogP contribution in [0.25, 0.3) is 0 Å². The quantitative estimate of drug-likeness (QED) is 0.269. The zero-order chi connectivity index (χ0) is 30.4. The summed E-state index contributed by atoms with van der Waals surface area (Å²) in [5, 5.41) is 40.2. The van der Waals surface area contributed by atoms with Crippen molar-refractivity contribution < 1.29 is 62.7 Å². The number of rotatable bonds is 8. The number of hydrogen-bond donors (Lipinski definition) is 5. The summed E-state index contributed by atoms with van der Waals surface area (Å²) >= 11 is 0. The van der Waals surface area contributed by atoms with Gasteiger partial charge in [-0.05, 0) is 6.92 Å². The summed E-state index contributed by atoms with van der Waals surface area (Å²) in [6.07, 6.45) is -3.64. The third-order valence-corrected chi connectivity index (χ3v) is 3.28. The van der Waals surface area contributed by atoms with Gasteiger partial charge in [0.15, 0.2) is 0 Å². The fraction of sp³-hybridized carbons (Fsp3) is 0.609. The molecule has 13 heteroatoms. The second-order valence-corrected chi connectivity index (χ2v) is 7.84. The highest BCUT2D eigenvalue weighted by Crippen LogP contribution is 2.25. The van der Waals surface area contributed by atoms with Crippen molar-refractivity contribution in [1.29, 1.82) is 0 Å². The fourth-order valence-electron chi connectivity index (χ4n) is 0.622. The molecule has 2 unspecified atom stereocenters. The Labute approximate surface area is 209 Å². The molecule has 0 aliphatic heterocycles. The molecule has 0 aromatic carbocycles. The Bertz CT molecular complexity index is 641. The van der Waals surface area contributed by atoms with Gasteiger partial charge in [0.1, 0.15) is 0 Å². The van der Waals surface area contributed by atoms with Crippen molar-refractivity contribution in [2.75, 3.05) is 0 Å². The van der Waals surface area contributed by atoms with Crippen LogP contribution in [0.1, 0.15) is 54.9 Å². The topological polar surface area (TPSA) is 186 Å². The normalized spacial score (nSPS) is 11.4. The van der Waals surface area contributed by atoms with Gasteiger partial charge in [-0.25, -0.2) is 0 Å². The average Bonchev–Trinajstić information content (AvgIpc) is 2.71. The molecule has 0 aliphatic rings. The van der Waals surface area contributed by atoms with E-state index in [9.17, 15) is 37.1 Å². The molecule has 0 rings (SSSR count). The molecule has 0 aliphatic carbocycles. The number of carbonyl (C=O) groups is 5. The number of hydrogen-bond acceptors (Lipinski definition) is 5. The van der Waals surface area contributed by atoms with E-state index in [0.29, 0.717) is 0 Å². The van der Waals surface area contributed by atoms with Crippen molar-refractivity contribution in [3.63, 3.8) is 0 Å². The molecule has 0 fully saturated rings. The second kappa shape index (κ2) is 23.4. The lowest BCUT2D eigenvalue weighted by Crippen LogP contribution is -2.20. The molecule has 10 nitrogen and oxygen atoms in total. The molecule has 0 bridgehead atoms. The minimum absolute atomic E-state index is 0.231. The van der Waals surface area contributed by atoms with Crippen LogP contribution in [0.2, 0.25) is 0 Å². The predicted octanol–water partition coefficient (Wildman–Crippen LogP) is 4.90. The summed E-state index contributed by atoms with van der Waals surface area (Å²) in [6.45, 7) is 17.7. The summed E-state index contributed by atoms with van der Waals surface area (Å²) in [5.41, 5.74) is 0. The summed E-state index contributed by atoms with van der Waals surface area (Å²) in [4.78, 5) is 49.0. The van der Waals surface area contributed by atoms with Crippen molar-refractivity contribution in [1.82, 2.24) is 0 Å². The maximum atomic E-state index is 11.5. The van der Waals surface area contributed by atoms with Crippen LogP contribution in [-0.4, -0.2) is 61.6 Å². The number of carboxylic acid groups (broad SMARTS) is 5. The van der Waals surface area contributed by atoms with Crippen LogP contribution in [0.15, 0.2) is 25.3 Å². The van der Waals surface area contributed by atoms with Crippen molar-refractivity contribution in [2.24, 2.45) is 29.6 Å². The van der Waals surface area contributed by atoms with Crippen molar-refractivity contribution in [2.45, 2.75) is 61.1 Å². The number of halogens is 3.